The van der Waals surface area contributed by atoms with Crippen LogP contribution in [-0.4, -0.2) is 46.8 Å². The molecule has 3 rings (SSSR count). The number of hydrogen-bond donors (Lipinski definition) is 3. The molecule has 0 saturated carbocycles. The highest BCUT2D eigenvalue weighted by Crippen LogP contribution is 2.27. The van der Waals surface area contributed by atoms with Crippen LogP contribution < -0.4 is 16.0 Å². The van der Waals surface area contributed by atoms with Crippen molar-refractivity contribution in [2.75, 3.05) is 13.1 Å². The van der Waals surface area contributed by atoms with Crippen LogP contribution >= 0.6 is 11.3 Å². The van der Waals surface area contributed by atoms with Crippen LogP contribution in [0.1, 0.15) is 35.1 Å². The van der Waals surface area contributed by atoms with Gasteiger partial charge >= 0.3 is 0 Å². The summed E-state index contributed by atoms with van der Waals surface area (Å²) in [5.74, 6) is -0.381. The normalized spacial score (nSPS) is 18.7. The maximum absolute atomic E-state index is 12.4. The van der Waals surface area contributed by atoms with Gasteiger partial charge in [-0.15, -0.1) is 11.3 Å². The first-order valence-corrected chi connectivity index (χ1v) is 9.02. The number of carbonyl (C=O) groups excluding carboxylic acids is 2. The second-order valence-electron chi connectivity index (χ2n) is 6.27. The lowest BCUT2D eigenvalue weighted by atomic mass is 10.2. The van der Waals surface area contributed by atoms with E-state index >= 15 is 0 Å². The van der Waals surface area contributed by atoms with Crippen molar-refractivity contribution in [3.63, 3.8) is 0 Å². The van der Waals surface area contributed by atoms with Gasteiger partial charge in [0.1, 0.15) is 10.9 Å². The van der Waals surface area contributed by atoms with Crippen molar-refractivity contribution in [1.82, 2.24) is 25.7 Å². The summed E-state index contributed by atoms with van der Waals surface area (Å²) in [7, 11) is 1.86. The number of amides is 2. The van der Waals surface area contributed by atoms with Gasteiger partial charge in [0.05, 0.1) is 10.6 Å². The Morgan fingerprint density at radius 2 is 2.33 bits per heavy atom. The van der Waals surface area contributed by atoms with Gasteiger partial charge in [0.15, 0.2) is 0 Å². The van der Waals surface area contributed by atoms with Crippen LogP contribution in [0.3, 0.4) is 0 Å². The molecule has 24 heavy (non-hydrogen) atoms. The summed E-state index contributed by atoms with van der Waals surface area (Å²) >= 11 is 1.39. The molecule has 1 saturated heterocycles. The predicted molar refractivity (Wildman–Crippen MR) is 94.3 cm³/mol. The number of hydrogen-bond acceptors (Lipinski definition) is 5. The Balaban J connectivity index is 1.58. The largest absolute Gasteiger partial charge is 0.353 e. The lowest BCUT2D eigenvalue weighted by Gasteiger charge is -2.16. The van der Waals surface area contributed by atoms with Gasteiger partial charge < -0.3 is 16.0 Å². The molecule has 1 aliphatic rings. The molecule has 0 bridgehead atoms. The van der Waals surface area contributed by atoms with Gasteiger partial charge in [0.25, 0.3) is 5.91 Å². The van der Waals surface area contributed by atoms with Crippen LogP contribution in [0.4, 0.5) is 0 Å². The highest BCUT2D eigenvalue weighted by molar-refractivity contribution is 7.20. The van der Waals surface area contributed by atoms with Gasteiger partial charge in [0.2, 0.25) is 5.91 Å². The molecular weight excluding hydrogens is 326 g/mol. The van der Waals surface area contributed by atoms with Gasteiger partial charge in [-0.25, -0.2) is 0 Å². The smallest absolute Gasteiger partial charge is 0.262 e. The van der Waals surface area contributed by atoms with Crippen LogP contribution in [0.2, 0.25) is 0 Å². The van der Waals surface area contributed by atoms with E-state index in [1.807, 2.05) is 20.0 Å². The summed E-state index contributed by atoms with van der Waals surface area (Å²) in [6.07, 6.45) is 2.23. The van der Waals surface area contributed by atoms with Crippen LogP contribution in [0.15, 0.2) is 6.07 Å². The Hall–Kier alpha value is -1.93. The van der Waals surface area contributed by atoms with E-state index in [-0.39, 0.29) is 11.8 Å². The highest BCUT2D eigenvalue weighted by atomic mass is 32.1. The molecule has 1 fully saturated rings. The number of aromatic nitrogens is 2. The number of carbonyl (C=O) groups is 2. The average Bonchev–Trinajstić information content (AvgIpc) is 3.25. The number of aryl methyl sites for hydroxylation is 2. The molecule has 2 amide bonds. The first-order chi connectivity index (χ1) is 11.5. The van der Waals surface area contributed by atoms with Crippen molar-refractivity contribution in [3.8, 4) is 0 Å². The first-order valence-electron chi connectivity index (χ1n) is 8.21. The third-order valence-electron chi connectivity index (χ3n) is 4.35. The summed E-state index contributed by atoms with van der Waals surface area (Å²) in [6.45, 7) is 5.24. The Bertz CT molecular complexity index is 725. The van der Waals surface area contributed by atoms with E-state index in [1.54, 1.807) is 11.6 Å². The van der Waals surface area contributed by atoms with Crippen molar-refractivity contribution in [2.24, 2.45) is 7.05 Å². The number of nitrogens with zero attached hydrogens (tertiary/aromatic N) is 2. The lowest BCUT2D eigenvalue weighted by molar-refractivity contribution is -0.122. The molecule has 8 heteroatoms. The quantitative estimate of drug-likeness (QED) is 0.749. The van der Waals surface area contributed by atoms with Crippen LogP contribution in [0.5, 0.6) is 0 Å². The highest BCUT2D eigenvalue weighted by Gasteiger charge is 2.21. The Labute approximate surface area is 144 Å². The van der Waals surface area contributed by atoms with Crippen LogP contribution in [0, 0.1) is 6.92 Å². The van der Waals surface area contributed by atoms with Crippen molar-refractivity contribution >= 4 is 33.4 Å². The molecule has 2 aromatic heterocycles. The molecule has 0 aromatic carbocycles. The molecule has 1 aliphatic heterocycles. The molecule has 2 unspecified atom stereocenters. The maximum atomic E-state index is 12.4. The molecule has 2 atom stereocenters. The van der Waals surface area contributed by atoms with Crippen molar-refractivity contribution in [3.05, 3.63) is 16.6 Å². The molecule has 0 aliphatic carbocycles. The van der Waals surface area contributed by atoms with Gasteiger partial charge in [-0.3, -0.25) is 14.3 Å². The fourth-order valence-electron chi connectivity index (χ4n) is 2.96. The monoisotopic (exact) mass is 349 g/mol. The maximum Gasteiger partial charge on any atom is 0.262 e. The summed E-state index contributed by atoms with van der Waals surface area (Å²) in [6, 6.07) is 1.61. The second-order valence-corrected chi connectivity index (χ2v) is 7.30. The van der Waals surface area contributed by atoms with Crippen molar-refractivity contribution < 1.29 is 9.59 Å². The van der Waals surface area contributed by atoms with Crippen LogP contribution in [0.25, 0.3) is 10.2 Å². The van der Waals surface area contributed by atoms with E-state index in [9.17, 15) is 9.59 Å². The Kier molecular flexibility index (Phi) is 4.86. The molecule has 2 aromatic rings. The number of thiophene rings is 1. The van der Waals surface area contributed by atoms with Crippen molar-refractivity contribution in [1.29, 1.82) is 0 Å². The molecule has 7 nitrogen and oxygen atoms in total. The average molecular weight is 349 g/mol. The van der Waals surface area contributed by atoms with E-state index < -0.39 is 6.04 Å². The Morgan fingerprint density at radius 3 is 3.00 bits per heavy atom. The molecule has 130 valence electrons. The zero-order chi connectivity index (χ0) is 17.3. The Morgan fingerprint density at radius 1 is 1.54 bits per heavy atom. The van der Waals surface area contributed by atoms with E-state index in [4.69, 9.17) is 0 Å². The molecule has 3 heterocycles. The zero-order valence-corrected chi connectivity index (χ0v) is 15.0. The minimum Gasteiger partial charge on any atom is -0.353 e. The summed E-state index contributed by atoms with van der Waals surface area (Å²) in [5, 5.41) is 14.3. The van der Waals surface area contributed by atoms with Crippen molar-refractivity contribution in [2.45, 2.75) is 38.8 Å². The summed E-state index contributed by atoms with van der Waals surface area (Å²) in [4.78, 5) is 26.1. The first kappa shape index (κ1) is 16.9. The van der Waals surface area contributed by atoms with E-state index in [0.29, 0.717) is 17.5 Å². The standard InChI is InChI=1S/C16H23N5O2S/c1-9-12-7-13(24-16(12)21(3)20-9)15(23)19-10(2)14(22)18-8-11-5-4-6-17-11/h7,10-11,17H,4-6,8H2,1-3H3,(H,18,22)(H,19,23). The lowest BCUT2D eigenvalue weighted by Crippen LogP contribution is -2.47. The minimum absolute atomic E-state index is 0.156. The summed E-state index contributed by atoms with van der Waals surface area (Å²) in [5.41, 5.74) is 0.901. The SMILES string of the molecule is Cc1nn(C)c2sc(C(=O)NC(C)C(=O)NCC3CCCN3)cc12. The third-order valence-corrected chi connectivity index (χ3v) is 5.55. The third kappa shape index (κ3) is 3.44. The van der Waals surface area contributed by atoms with Gasteiger partial charge in [-0.2, -0.15) is 5.10 Å². The van der Waals surface area contributed by atoms with Gasteiger partial charge in [-0.1, -0.05) is 0 Å². The topological polar surface area (TPSA) is 88.0 Å². The fourth-order valence-corrected chi connectivity index (χ4v) is 3.98. The molecular formula is C16H23N5O2S. The van der Waals surface area contributed by atoms with Gasteiger partial charge in [-0.05, 0) is 39.3 Å². The number of rotatable bonds is 5. The van der Waals surface area contributed by atoms with Crippen LogP contribution in [-0.2, 0) is 11.8 Å². The predicted octanol–water partition coefficient (Wildman–Crippen LogP) is 0.930. The zero-order valence-electron chi connectivity index (χ0n) is 14.2. The fraction of sp³-hybridized carbons (Fsp3) is 0.562. The van der Waals surface area contributed by atoms with E-state index in [2.05, 4.69) is 21.0 Å². The second kappa shape index (κ2) is 6.90. The molecule has 0 radical (unpaired) electrons. The van der Waals surface area contributed by atoms with E-state index in [0.717, 1.165) is 35.3 Å². The summed E-state index contributed by atoms with van der Waals surface area (Å²) < 4.78 is 1.77. The van der Waals surface area contributed by atoms with E-state index in [1.165, 1.54) is 11.3 Å². The molecule has 3 N–H and O–H groups in total. The molecule has 0 spiro atoms. The van der Waals surface area contributed by atoms with Gasteiger partial charge in [0, 0.05) is 25.0 Å². The minimum atomic E-state index is -0.566. The number of fused-ring (bicyclic) bond motifs is 1. The number of nitrogens with one attached hydrogen (secondary N) is 3.